The van der Waals surface area contributed by atoms with Crippen LogP contribution in [0, 0.1) is 0 Å². The summed E-state index contributed by atoms with van der Waals surface area (Å²) in [6, 6.07) is 21.0. The molecule has 1 aliphatic rings. The molecule has 4 aromatic rings. The second-order valence-corrected chi connectivity index (χ2v) is 11.9. The van der Waals surface area contributed by atoms with E-state index in [1.54, 1.807) is 18.2 Å². The molecule has 0 saturated carbocycles. The lowest BCUT2D eigenvalue weighted by Gasteiger charge is -2.48. The van der Waals surface area contributed by atoms with Gasteiger partial charge in [-0.2, -0.15) is 0 Å². The zero-order valence-electron chi connectivity index (χ0n) is 20.7. The van der Waals surface area contributed by atoms with E-state index >= 15 is 0 Å². The van der Waals surface area contributed by atoms with Crippen molar-refractivity contribution >= 4 is 56.5 Å². The van der Waals surface area contributed by atoms with E-state index in [0.717, 1.165) is 17.4 Å². The maximum atomic E-state index is 13.0. The molecule has 0 atom stereocenters. The van der Waals surface area contributed by atoms with Crippen molar-refractivity contribution in [3.8, 4) is 0 Å². The van der Waals surface area contributed by atoms with E-state index in [-0.39, 0.29) is 29.3 Å². The molecule has 1 fully saturated rings. The maximum absolute atomic E-state index is 13.0. The van der Waals surface area contributed by atoms with Crippen LogP contribution in [-0.4, -0.2) is 54.9 Å². The topological polar surface area (TPSA) is 135 Å². The highest BCUT2D eigenvalue weighted by Gasteiger charge is 2.40. The van der Waals surface area contributed by atoms with Gasteiger partial charge >= 0.3 is 0 Å². The second kappa shape index (κ2) is 10.9. The summed E-state index contributed by atoms with van der Waals surface area (Å²) < 4.78 is 31.8. The number of nitrogens with one attached hydrogen (secondary N) is 1. The third-order valence-electron chi connectivity index (χ3n) is 6.42. The van der Waals surface area contributed by atoms with Crippen molar-refractivity contribution in [2.45, 2.75) is 12.1 Å². The van der Waals surface area contributed by atoms with E-state index in [1.807, 2.05) is 48.5 Å². The van der Waals surface area contributed by atoms with Crippen LogP contribution in [0.5, 0.6) is 0 Å². The van der Waals surface area contributed by atoms with E-state index in [4.69, 9.17) is 28.9 Å². The highest BCUT2D eigenvalue weighted by molar-refractivity contribution is 7.92. The molecule has 2 heterocycles. The van der Waals surface area contributed by atoms with Crippen LogP contribution in [0.1, 0.15) is 27.5 Å². The first-order valence-corrected chi connectivity index (χ1v) is 14.4. The van der Waals surface area contributed by atoms with Gasteiger partial charge in [0.05, 0.1) is 24.0 Å². The Bertz CT molecular complexity index is 1540. The first-order valence-electron chi connectivity index (χ1n) is 11.8. The number of hydrogen-bond acceptors (Lipinski definition) is 8. The van der Waals surface area contributed by atoms with Crippen molar-refractivity contribution in [3.63, 3.8) is 0 Å². The van der Waals surface area contributed by atoms with Crippen LogP contribution < -0.4 is 15.4 Å². The average Bonchev–Trinajstić information content (AvgIpc) is 3.28. The van der Waals surface area contributed by atoms with Gasteiger partial charge in [-0.25, -0.2) is 13.0 Å². The third kappa shape index (κ3) is 5.86. The van der Waals surface area contributed by atoms with Crippen LogP contribution in [0.4, 0.5) is 17.3 Å². The van der Waals surface area contributed by atoms with Crippen molar-refractivity contribution in [3.05, 3.63) is 99.5 Å². The fourth-order valence-corrected chi connectivity index (χ4v) is 6.09. The molecule has 0 unspecified atom stereocenters. The molecule has 1 amide bonds. The molecule has 3 N–H and O–H groups in total. The van der Waals surface area contributed by atoms with Crippen LogP contribution in [-0.2, 0) is 10.0 Å². The summed E-state index contributed by atoms with van der Waals surface area (Å²) in [4.78, 5) is 15.0. The van der Waals surface area contributed by atoms with Gasteiger partial charge in [0.15, 0.2) is 0 Å². The van der Waals surface area contributed by atoms with Crippen LogP contribution in [0.15, 0.2) is 77.4 Å². The van der Waals surface area contributed by atoms with Gasteiger partial charge in [0.1, 0.15) is 0 Å². The van der Waals surface area contributed by atoms with Gasteiger partial charge in [-0.05, 0) is 63.9 Å². The van der Waals surface area contributed by atoms with Gasteiger partial charge in [0.25, 0.3) is 5.91 Å². The highest BCUT2D eigenvalue weighted by atomic mass is 35.5. The number of sulfonamides is 1. The zero-order valence-corrected chi connectivity index (χ0v) is 23.0. The van der Waals surface area contributed by atoms with Crippen molar-refractivity contribution in [2.75, 3.05) is 34.7 Å². The summed E-state index contributed by atoms with van der Waals surface area (Å²) in [6.07, 6.45) is 1.15. The van der Waals surface area contributed by atoms with Crippen LogP contribution in [0.3, 0.4) is 0 Å². The minimum absolute atomic E-state index is 0.0181. The van der Waals surface area contributed by atoms with Gasteiger partial charge < -0.3 is 11.1 Å². The van der Waals surface area contributed by atoms with Crippen LogP contribution >= 0.6 is 23.2 Å². The van der Waals surface area contributed by atoms with Crippen LogP contribution in [0.25, 0.3) is 0 Å². The predicted molar refractivity (Wildman–Crippen MR) is 151 cm³/mol. The average molecular weight is 587 g/mol. The Morgan fingerprint density at radius 1 is 1.03 bits per heavy atom. The predicted octanol–water partition coefficient (Wildman–Crippen LogP) is 4.45. The summed E-state index contributed by atoms with van der Waals surface area (Å²) in [5.41, 5.74) is 8.25. The Hall–Kier alpha value is -3.64. The Balaban J connectivity index is 1.40. The SMILES string of the molecule is CS(=O)(=O)N(c1cccc(C(=O)Nc2nonc2N)c1)C1CN(C(c2ccc(Cl)cc2)c2ccc(Cl)cc2)C1. The number of rotatable bonds is 8. The molecule has 202 valence electrons. The Morgan fingerprint density at radius 3 is 2.13 bits per heavy atom. The molecular formula is C26H24Cl2N6O4S. The molecule has 3 aromatic carbocycles. The fraction of sp³-hybridized carbons (Fsp3) is 0.192. The van der Waals surface area contributed by atoms with E-state index in [2.05, 4.69) is 25.2 Å². The Kier molecular flexibility index (Phi) is 7.50. The van der Waals surface area contributed by atoms with Gasteiger partial charge in [0.2, 0.25) is 21.7 Å². The smallest absolute Gasteiger partial charge is 0.257 e. The van der Waals surface area contributed by atoms with Crippen LogP contribution in [0.2, 0.25) is 10.0 Å². The van der Waals surface area contributed by atoms with E-state index in [1.165, 1.54) is 10.4 Å². The summed E-state index contributed by atoms with van der Waals surface area (Å²) in [6.45, 7) is 0.918. The number of carbonyl (C=O) groups excluding carboxylic acids is 1. The standard InChI is InChI=1S/C26H24Cl2N6O4S/c1-39(36,37)34(21-4-2-3-18(13-21)26(35)30-25-24(29)31-38-32-25)22-14-33(15-22)23(16-5-9-19(27)10-6-16)17-7-11-20(28)12-8-17/h2-13,22-23H,14-15H2,1H3,(H2,29,31)(H,30,32,35). The molecule has 0 bridgehead atoms. The summed E-state index contributed by atoms with van der Waals surface area (Å²) in [5.74, 6) is -0.619. The van der Waals surface area contributed by atoms with Crippen molar-refractivity contribution < 1.29 is 17.8 Å². The molecule has 1 saturated heterocycles. The molecule has 1 aliphatic heterocycles. The van der Waals surface area contributed by atoms with Crippen molar-refractivity contribution in [1.29, 1.82) is 0 Å². The molecule has 0 aliphatic carbocycles. The minimum atomic E-state index is -3.68. The molecule has 39 heavy (non-hydrogen) atoms. The first-order chi connectivity index (χ1) is 18.6. The van der Waals surface area contributed by atoms with Gasteiger partial charge in [0, 0.05) is 28.7 Å². The number of nitrogens with zero attached hydrogens (tertiary/aromatic N) is 4. The number of anilines is 3. The Morgan fingerprint density at radius 2 is 1.62 bits per heavy atom. The first kappa shape index (κ1) is 26.9. The number of hydrogen-bond donors (Lipinski definition) is 2. The fourth-order valence-electron chi connectivity index (χ4n) is 4.67. The van der Waals surface area contributed by atoms with Gasteiger partial charge in [-0.3, -0.25) is 14.0 Å². The monoisotopic (exact) mass is 586 g/mol. The number of halogens is 2. The molecule has 13 heteroatoms. The molecular weight excluding hydrogens is 563 g/mol. The Labute approximate surface area is 235 Å². The normalized spacial score (nSPS) is 14.3. The number of nitrogen functional groups attached to an aromatic ring is 1. The lowest BCUT2D eigenvalue weighted by molar-refractivity contribution is 0.102. The molecule has 5 rings (SSSR count). The van der Waals surface area contributed by atoms with E-state index in [9.17, 15) is 13.2 Å². The third-order valence-corrected chi connectivity index (χ3v) is 8.15. The summed E-state index contributed by atoms with van der Waals surface area (Å²) in [5, 5.41) is 10.7. The summed E-state index contributed by atoms with van der Waals surface area (Å²) >= 11 is 12.3. The lowest BCUT2D eigenvalue weighted by Crippen LogP contribution is -2.61. The molecule has 0 radical (unpaired) electrons. The molecule has 0 spiro atoms. The lowest BCUT2D eigenvalue weighted by atomic mass is 9.93. The molecule has 1 aromatic heterocycles. The van der Waals surface area contributed by atoms with Crippen molar-refractivity contribution in [2.24, 2.45) is 0 Å². The van der Waals surface area contributed by atoms with Gasteiger partial charge in [-0.15, -0.1) is 0 Å². The van der Waals surface area contributed by atoms with Gasteiger partial charge in [-0.1, -0.05) is 53.5 Å². The number of carbonyl (C=O) groups is 1. The largest absolute Gasteiger partial charge is 0.378 e. The minimum Gasteiger partial charge on any atom is -0.378 e. The number of benzene rings is 3. The number of amides is 1. The zero-order chi connectivity index (χ0) is 27.7. The number of aromatic nitrogens is 2. The summed E-state index contributed by atoms with van der Waals surface area (Å²) in [7, 11) is -3.68. The van der Waals surface area contributed by atoms with E-state index in [0.29, 0.717) is 28.8 Å². The maximum Gasteiger partial charge on any atom is 0.257 e. The number of nitrogens with two attached hydrogens (primary N) is 1. The second-order valence-electron chi connectivity index (χ2n) is 9.17. The quantitative estimate of drug-likeness (QED) is 0.309. The van der Waals surface area contributed by atoms with Crippen molar-refractivity contribution in [1.82, 2.24) is 15.2 Å². The highest BCUT2D eigenvalue weighted by Crippen LogP contribution is 2.36. The molecule has 10 nitrogen and oxygen atoms in total. The number of likely N-dealkylation sites (tertiary alicyclic amines) is 1. The van der Waals surface area contributed by atoms with E-state index < -0.39 is 15.9 Å².